The molecule has 0 bridgehead atoms. The molecule has 1 saturated heterocycles. The molecular weight excluding hydrogens is 437 g/mol. The minimum absolute atomic E-state index is 0.151. The Morgan fingerprint density at radius 3 is 2.68 bits per heavy atom. The molecule has 180 valence electrons. The first-order valence-electron chi connectivity index (χ1n) is 11.4. The van der Waals surface area contributed by atoms with E-state index in [0.29, 0.717) is 30.9 Å². The number of rotatable bonds is 10. The van der Waals surface area contributed by atoms with Gasteiger partial charge in [0.1, 0.15) is 5.69 Å². The number of carbonyl (C=O) groups is 1. The van der Waals surface area contributed by atoms with Gasteiger partial charge in [-0.3, -0.25) is 9.69 Å². The van der Waals surface area contributed by atoms with Crippen molar-refractivity contribution in [1.82, 2.24) is 19.9 Å². The zero-order chi connectivity index (χ0) is 24.1. The molecule has 3 N–H and O–H groups in total. The van der Waals surface area contributed by atoms with Gasteiger partial charge in [0.2, 0.25) is 11.9 Å². The third-order valence-corrected chi connectivity index (χ3v) is 6.26. The Kier molecular flexibility index (Phi) is 7.18. The molecule has 0 radical (unpaired) electrons. The number of amides is 1. The molecular formula is C24H30FN7O2. The van der Waals surface area contributed by atoms with Crippen LogP contribution < -0.4 is 15.5 Å². The highest BCUT2D eigenvalue weighted by Crippen LogP contribution is 2.42. The van der Waals surface area contributed by atoms with Crippen molar-refractivity contribution in [3.05, 3.63) is 61.5 Å². The van der Waals surface area contributed by atoms with Crippen LogP contribution >= 0.6 is 0 Å². The highest BCUT2D eigenvalue weighted by molar-refractivity contribution is 6.04. The number of pyridine rings is 1. The van der Waals surface area contributed by atoms with Crippen LogP contribution in [-0.4, -0.2) is 75.2 Å². The summed E-state index contributed by atoms with van der Waals surface area (Å²) in [6.45, 7) is 11.3. The van der Waals surface area contributed by atoms with E-state index in [2.05, 4.69) is 43.6 Å². The molecule has 0 spiro atoms. The van der Waals surface area contributed by atoms with Crippen LogP contribution in [0.15, 0.2) is 49.8 Å². The predicted octanol–water partition coefficient (Wildman–Crippen LogP) is 2.45. The van der Waals surface area contributed by atoms with Crippen LogP contribution in [0.2, 0.25) is 0 Å². The van der Waals surface area contributed by atoms with Crippen LogP contribution in [0.5, 0.6) is 0 Å². The van der Waals surface area contributed by atoms with E-state index < -0.39 is 23.5 Å². The minimum Gasteiger partial charge on any atom is -0.390 e. The van der Waals surface area contributed by atoms with Gasteiger partial charge < -0.3 is 20.6 Å². The van der Waals surface area contributed by atoms with Crippen LogP contribution in [0.3, 0.4) is 0 Å². The first kappa shape index (κ1) is 23.8. The Morgan fingerprint density at radius 1 is 1.24 bits per heavy atom. The largest absolute Gasteiger partial charge is 0.390 e. The lowest BCUT2D eigenvalue weighted by molar-refractivity contribution is 0.102. The van der Waals surface area contributed by atoms with Crippen molar-refractivity contribution in [2.24, 2.45) is 0 Å². The topological polar surface area (TPSA) is 107 Å². The standard InChI is InChI=1S/C24H30FN7O2/c1-3-5-20(33)24(7-8-24)30-23-26-9-6-17(29-23)22(34)28-18-16-27-21(25)15-19(18)32-13-11-31(10-4-2)12-14-32/h3-4,6,9,15-16,20,33H,1-2,5,7-8,10-14H2,(H,28,34)(H,26,29,30). The van der Waals surface area contributed by atoms with Gasteiger partial charge in [0, 0.05) is 45.0 Å². The molecule has 2 fully saturated rings. The second-order valence-corrected chi connectivity index (χ2v) is 8.64. The summed E-state index contributed by atoms with van der Waals surface area (Å²) >= 11 is 0. The molecule has 1 aliphatic carbocycles. The Labute approximate surface area is 198 Å². The number of nitrogens with one attached hydrogen (secondary N) is 2. The normalized spacial score (nSPS) is 18.1. The summed E-state index contributed by atoms with van der Waals surface area (Å²) in [4.78, 5) is 29.5. The fourth-order valence-electron chi connectivity index (χ4n) is 4.15. The molecule has 1 unspecified atom stereocenters. The predicted molar refractivity (Wildman–Crippen MR) is 129 cm³/mol. The number of carbonyl (C=O) groups excluding carboxylic acids is 1. The summed E-state index contributed by atoms with van der Waals surface area (Å²) in [7, 11) is 0. The average molecular weight is 468 g/mol. The van der Waals surface area contributed by atoms with Gasteiger partial charge in [-0.25, -0.2) is 15.0 Å². The number of piperazine rings is 1. The number of anilines is 3. The van der Waals surface area contributed by atoms with Crippen LogP contribution in [0, 0.1) is 5.95 Å². The molecule has 34 heavy (non-hydrogen) atoms. The van der Waals surface area contributed by atoms with Gasteiger partial charge in [-0.2, -0.15) is 4.39 Å². The number of hydrogen-bond donors (Lipinski definition) is 3. The van der Waals surface area contributed by atoms with Crippen LogP contribution in [0.25, 0.3) is 0 Å². The van der Waals surface area contributed by atoms with E-state index >= 15 is 0 Å². The molecule has 1 atom stereocenters. The van der Waals surface area contributed by atoms with E-state index in [0.717, 1.165) is 32.5 Å². The van der Waals surface area contributed by atoms with Crippen molar-refractivity contribution in [3.8, 4) is 0 Å². The zero-order valence-corrected chi connectivity index (χ0v) is 19.1. The zero-order valence-electron chi connectivity index (χ0n) is 19.1. The van der Waals surface area contributed by atoms with Gasteiger partial charge >= 0.3 is 0 Å². The van der Waals surface area contributed by atoms with Crippen LogP contribution in [0.4, 0.5) is 21.7 Å². The summed E-state index contributed by atoms with van der Waals surface area (Å²) in [5.74, 6) is -0.797. The maximum absolute atomic E-state index is 14.0. The fourth-order valence-corrected chi connectivity index (χ4v) is 4.15. The molecule has 2 aliphatic rings. The molecule has 10 heteroatoms. The van der Waals surface area contributed by atoms with Crippen molar-refractivity contribution < 1.29 is 14.3 Å². The number of aliphatic hydroxyl groups is 1. The van der Waals surface area contributed by atoms with Gasteiger partial charge in [0.25, 0.3) is 5.91 Å². The quantitative estimate of drug-likeness (QED) is 0.361. The van der Waals surface area contributed by atoms with Crippen LogP contribution in [-0.2, 0) is 0 Å². The fraction of sp³-hybridized carbons (Fsp3) is 0.417. The third kappa shape index (κ3) is 5.40. The van der Waals surface area contributed by atoms with Crippen molar-refractivity contribution in [3.63, 3.8) is 0 Å². The number of halogens is 1. The van der Waals surface area contributed by atoms with Crippen molar-refractivity contribution in [1.29, 1.82) is 0 Å². The van der Waals surface area contributed by atoms with Gasteiger partial charge in [0.15, 0.2) is 0 Å². The molecule has 1 aliphatic heterocycles. The van der Waals surface area contributed by atoms with Gasteiger partial charge in [-0.1, -0.05) is 12.2 Å². The lowest BCUT2D eigenvalue weighted by atomic mass is 10.1. The first-order valence-corrected chi connectivity index (χ1v) is 11.4. The Morgan fingerprint density at radius 2 is 2.00 bits per heavy atom. The maximum atomic E-state index is 14.0. The van der Waals surface area contributed by atoms with Crippen LogP contribution in [0.1, 0.15) is 29.8 Å². The summed E-state index contributed by atoms with van der Waals surface area (Å²) in [5.41, 5.74) is 0.649. The lowest BCUT2D eigenvalue weighted by Gasteiger charge is -2.36. The second-order valence-electron chi connectivity index (χ2n) is 8.64. The monoisotopic (exact) mass is 467 g/mol. The number of hydrogen-bond acceptors (Lipinski definition) is 8. The third-order valence-electron chi connectivity index (χ3n) is 6.26. The summed E-state index contributed by atoms with van der Waals surface area (Å²) in [5, 5.41) is 16.4. The SMILES string of the molecule is C=CCC(O)C1(Nc2nccc(C(=O)Nc3cnc(F)cc3N3CCN(CC=C)CC3)n2)CC1. The summed E-state index contributed by atoms with van der Waals surface area (Å²) in [6.07, 6.45) is 7.76. The molecule has 1 saturated carbocycles. The molecule has 0 aromatic carbocycles. The molecule has 2 aromatic heterocycles. The lowest BCUT2D eigenvalue weighted by Crippen LogP contribution is -2.46. The highest BCUT2D eigenvalue weighted by Gasteiger charge is 2.49. The van der Waals surface area contributed by atoms with Crippen molar-refractivity contribution in [2.75, 3.05) is 48.3 Å². The number of aromatic nitrogens is 3. The summed E-state index contributed by atoms with van der Waals surface area (Å²) < 4.78 is 14.0. The molecule has 2 aromatic rings. The van der Waals surface area contributed by atoms with Crippen molar-refractivity contribution >= 4 is 23.2 Å². The smallest absolute Gasteiger partial charge is 0.274 e. The van der Waals surface area contributed by atoms with E-state index in [9.17, 15) is 14.3 Å². The Bertz CT molecular complexity index is 1050. The van der Waals surface area contributed by atoms with Crippen molar-refractivity contribution in [2.45, 2.75) is 30.9 Å². The Balaban J connectivity index is 1.47. The van der Waals surface area contributed by atoms with E-state index in [1.165, 1.54) is 24.5 Å². The molecule has 9 nitrogen and oxygen atoms in total. The molecule has 4 rings (SSSR count). The van der Waals surface area contributed by atoms with Gasteiger partial charge in [-0.05, 0) is 25.3 Å². The number of aliphatic hydroxyl groups excluding tert-OH is 1. The minimum atomic E-state index is -0.608. The van der Waals surface area contributed by atoms with E-state index in [4.69, 9.17) is 0 Å². The van der Waals surface area contributed by atoms with E-state index in [-0.39, 0.29) is 11.6 Å². The second kappa shape index (κ2) is 10.3. The van der Waals surface area contributed by atoms with Gasteiger partial charge in [-0.15, -0.1) is 13.2 Å². The molecule has 3 heterocycles. The highest BCUT2D eigenvalue weighted by atomic mass is 19.1. The Hall–Kier alpha value is -3.37. The van der Waals surface area contributed by atoms with Gasteiger partial charge in [0.05, 0.1) is 29.2 Å². The maximum Gasteiger partial charge on any atom is 0.274 e. The first-order chi connectivity index (χ1) is 16.4. The van der Waals surface area contributed by atoms with E-state index in [1.807, 2.05) is 11.0 Å². The molecule has 1 amide bonds. The van der Waals surface area contributed by atoms with E-state index in [1.54, 1.807) is 6.08 Å². The number of nitrogens with zero attached hydrogens (tertiary/aromatic N) is 5. The average Bonchev–Trinajstić information content (AvgIpc) is 3.62. The summed E-state index contributed by atoms with van der Waals surface area (Å²) in [6, 6.07) is 2.84.